The third kappa shape index (κ3) is 3.06. The second-order valence-electron chi connectivity index (χ2n) is 4.03. The normalized spacial score (nSPS) is 11.2. The lowest BCUT2D eigenvalue weighted by Gasteiger charge is -2.03. The van der Waals surface area contributed by atoms with E-state index in [0.29, 0.717) is 5.69 Å². The van der Waals surface area contributed by atoms with Crippen LogP contribution in [0.2, 0.25) is 0 Å². The Balaban J connectivity index is 2.35. The molecular formula is C11H11N3O5S. The fraction of sp³-hybridized carbons (Fsp3) is 0.0909. The van der Waals surface area contributed by atoms with Crippen LogP contribution in [-0.2, 0) is 10.0 Å². The number of benzene rings is 1. The molecule has 0 fully saturated rings. The number of hydrogen-bond acceptors (Lipinski definition) is 5. The third-order valence-electron chi connectivity index (χ3n) is 2.34. The highest BCUT2D eigenvalue weighted by atomic mass is 32.2. The van der Waals surface area contributed by atoms with Crippen LogP contribution >= 0.6 is 0 Å². The lowest BCUT2D eigenvalue weighted by atomic mass is 10.2. The zero-order valence-electron chi connectivity index (χ0n) is 10.3. The third-order valence-corrected chi connectivity index (χ3v) is 2.92. The molecule has 0 amide bonds. The van der Waals surface area contributed by atoms with Crippen LogP contribution in [0.4, 0.5) is 5.82 Å². The average Bonchev–Trinajstić information content (AvgIpc) is 2.67. The molecule has 8 nitrogen and oxygen atoms in total. The molecule has 1 heterocycles. The first-order chi connectivity index (χ1) is 9.26. The van der Waals surface area contributed by atoms with Crippen molar-refractivity contribution in [2.45, 2.75) is 0 Å². The maximum absolute atomic E-state index is 11.1. The Morgan fingerprint density at radius 2 is 1.90 bits per heavy atom. The summed E-state index contributed by atoms with van der Waals surface area (Å²) in [6.07, 6.45) is 0.963. The van der Waals surface area contributed by atoms with Gasteiger partial charge in [0.05, 0.1) is 17.5 Å². The molecule has 0 saturated carbocycles. The average molecular weight is 297 g/mol. The van der Waals surface area contributed by atoms with Gasteiger partial charge < -0.3 is 10.2 Å². The van der Waals surface area contributed by atoms with E-state index in [1.54, 1.807) is 0 Å². The number of nitrogens with one attached hydrogen (secondary N) is 1. The van der Waals surface area contributed by atoms with Gasteiger partial charge in [-0.25, -0.2) is 13.2 Å². The molecule has 9 heteroatoms. The lowest BCUT2D eigenvalue weighted by molar-refractivity contribution is 0.0697. The molecule has 3 N–H and O–H groups in total. The largest absolute Gasteiger partial charge is 0.493 e. The zero-order chi connectivity index (χ0) is 14.9. The number of rotatable bonds is 4. The summed E-state index contributed by atoms with van der Waals surface area (Å²) in [6, 6.07) is 6.73. The van der Waals surface area contributed by atoms with Crippen molar-refractivity contribution in [1.29, 1.82) is 0 Å². The number of carbonyl (C=O) groups is 1. The van der Waals surface area contributed by atoms with Crippen LogP contribution in [0.25, 0.3) is 5.69 Å². The SMILES string of the molecule is CS(=O)(=O)Nc1cc(O)n(-c2ccc(C(=O)O)cc2)n1. The number of hydrogen-bond donors (Lipinski definition) is 3. The topological polar surface area (TPSA) is 122 Å². The van der Waals surface area contributed by atoms with Gasteiger partial charge >= 0.3 is 5.97 Å². The molecule has 0 unspecified atom stereocenters. The Morgan fingerprint density at radius 1 is 1.30 bits per heavy atom. The molecule has 106 valence electrons. The van der Waals surface area contributed by atoms with E-state index in [2.05, 4.69) is 9.82 Å². The van der Waals surface area contributed by atoms with E-state index < -0.39 is 16.0 Å². The Kier molecular flexibility index (Phi) is 3.36. The van der Waals surface area contributed by atoms with Crippen molar-refractivity contribution in [3.8, 4) is 11.6 Å². The monoisotopic (exact) mass is 297 g/mol. The van der Waals surface area contributed by atoms with E-state index in [1.165, 1.54) is 24.3 Å². The maximum Gasteiger partial charge on any atom is 0.335 e. The second-order valence-corrected chi connectivity index (χ2v) is 5.77. The quantitative estimate of drug-likeness (QED) is 0.761. The molecule has 2 rings (SSSR count). The fourth-order valence-electron chi connectivity index (χ4n) is 1.55. The van der Waals surface area contributed by atoms with E-state index in [0.717, 1.165) is 17.0 Å². The second kappa shape index (κ2) is 4.85. The predicted octanol–water partition coefficient (Wildman–Crippen LogP) is 0.648. The standard InChI is InChI=1S/C11H11N3O5S/c1-20(18,19)13-9-6-10(15)14(12-9)8-4-2-7(3-5-8)11(16)17/h2-6,15H,1H3,(H,12,13)(H,16,17). The molecule has 2 aromatic rings. The summed E-state index contributed by atoms with van der Waals surface area (Å²) in [4.78, 5) is 10.7. The van der Waals surface area contributed by atoms with Crippen molar-refractivity contribution in [2.24, 2.45) is 0 Å². The minimum Gasteiger partial charge on any atom is -0.493 e. The molecule has 0 atom stereocenters. The van der Waals surface area contributed by atoms with E-state index in [4.69, 9.17) is 5.11 Å². The van der Waals surface area contributed by atoms with Gasteiger partial charge in [-0.05, 0) is 24.3 Å². The first-order valence-corrected chi connectivity index (χ1v) is 7.26. The van der Waals surface area contributed by atoms with Crippen molar-refractivity contribution in [1.82, 2.24) is 9.78 Å². The molecule has 0 spiro atoms. The van der Waals surface area contributed by atoms with E-state index >= 15 is 0 Å². The van der Waals surface area contributed by atoms with Crippen molar-refractivity contribution < 1.29 is 23.4 Å². The summed E-state index contributed by atoms with van der Waals surface area (Å²) in [5.74, 6) is -1.38. The number of sulfonamides is 1. The number of carboxylic acids is 1. The Hall–Kier alpha value is -2.55. The van der Waals surface area contributed by atoms with Gasteiger partial charge in [0, 0.05) is 6.07 Å². The van der Waals surface area contributed by atoms with Gasteiger partial charge in [0.25, 0.3) is 0 Å². The number of nitrogens with zero attached hydrogens (tertiary/aromatic N) is 2. The smallest absolute Gasteiger partial charge is 0.335 e. The van der Waals surface area contributed by atoms with Crippen LogP contribution in [0, 0.1) is 0 Å². The minimum absolute atomic E-state index is 0.0349. The Bertz CT molecular complexity index is 749. The summed E-state index contributed by atoms with van der Waals surface area (Å²) >= 11 is 0. The number of anilines is 1. The first kappa shape index (κ1) is 13.9. The highest BCUT2D eigenvalue weighted by molar-refractivity contribution is 7.92. The number of aromatic nitrogens is 2. The summed E-state index contributed by atoms with van der Waals surface area (Å²) in [6.45, 7) is 0. The van der Waals surface area contributed by atoms with Gasteiger partial charge in [0.2, 0.25) is 15.9 Å². The molecule has 1 aromatic carbocycles. The molecule has 20 heavy (non-hydrogen) atoms. The Morgan fingerprint density at radius 3 is 2.40 bits per heavy atom. The number of carboxylic acid groups (broad SMARTS) is 1. The lowest BCUT2D eigenvalue weighted by Crippen LogP contribution is -2.10. The van der Waals surface area contributed by atoms with Gasteiger partial charge in [-0.3, -0.25) is 4.72 Å². The van der Waals surface area contributed by atoms with Crippen molar-refractivity contribution >= 4 is 21.8 Å². The fourth-order valence-corrected chi connectivity index (χ4v) is 2.03. The minimum atomic E-state index is -3.50. The van der Waals surface area contributed by atoms with Crippen molar-refractivity contribution in [3.63, 3.8) is 0 Å². The van der Waals surface area contributed by atoms with Gasteiger partial charge in [0.15, 0.2) is 5.82 Å². The molecule has 0 aliphatic carbocycles. The first-order valence-electron chi connectivity index (χ1n) is 5.37. The van der Waals surface area contributed by atoms with Crippen molar-refractivity contribution in [3.05, 3.63) is 35.9 Å². The highest BCUT2D eigenvalue weighted by Crippen LogP contribution is 2.21. The summed E-state index contributed by atoms with van der Waals surface area (Å²) in [5.41, 5.74) is 0.490. The van der Waals surface area contributed by atoms with Gasteiger partial charge in [-0.1, -0.05) is 0 Å². The van der Waals surface area contributed by atoms with Gasteiger partial charge in [-0.2, -0.15) is 4.68 Å². The summed E-state index contributed by atoms with van der Waals surface area (Å²) in [7, 11) is -3.50. The van der Waals surface area contributed by atoms with Crippen LogP contribution in [0.15, 0.2) is 30.3 Å². The van der Waals surface area contributed by atoms with E-state index in [1.807, 2.05) is 0 Å². The predicted molar refractivity (Wildman–Crippen MR) is 70.7 cm³/mol. The number of aromatic hydroxyl groups is 1. The van der Waals surface area contributed by atoms with Crippen LogP contribution in [0.3, 0.4) is 0 Å². The zero-order valence-corrected chi connectivity index (χ0v) is 11.1. The van der Waals surface area contributed by atoms with E-state index in [9.17, 15) is 18.3 Å². The van der Waals surface area contributed by atoms with Crippen LogP contribution in [-0.4, -0.2) is 40.6 Å². The van der Waals surface area contributed by atoms with Crippen LogP contribution < -0.4 is 4.72 Å². The number of aromatic carboxylic acids is 1. The summed E-state index contributed by atoms with van der Waals surface area (Å²) < 4.78 is 25.4. The Labute approximate surface area is 114 Å². The van der Waals surface area contributed by atoms with Gasteiger partial charge in [0.1, 0.15) is 0 Å². The molecule has 1 aromatic heterocycles. The highest BCUT2D eigenvalue weighted by Gasteiger charge is 2.12. The molecule has 0 aliphatic rings. The van der Waals surface area contributed by atoms with Gasteiger partial charge in [-0.15, -0.1) is 5.10 Å². The molecule has 0 bridgehead atoms. The summed E-state index contributed by atoms with van der Waals surface area (Å²) in [5, 5.41) is 22.4. The molecule has 0 aliphatic heterocycles. The van der Waals surface area contributed by atoms with Crippen LogP contribution in [0.1, 0.15) is 10.4 Å². The van der Waals surface area contributed by atoms with Crippen molar-refractivity contribution in [2.75, 3.05) is 11.0 Å². The maximum atomic E-state index is 11.1. The van der Waals surface area contributed by atoms with E-state index in [-0.39, 0.29) is 17.3 Å². The molecule has 0 radical (unpaired) electrons. The molecule has 0 saturated heterocycles. The van der Waals surface area contributed by atoms with Crippen LogP contribution in [0.5, 0.6) is 5.88 Å². The molecular weight excluding hydrogens is 286 g/mol.